The van der Waals surface area contributed by atoms with E-state index in [9.17, 15) is 4.79 Å². The highest BCUT2D eigenvalue weighted by Gasteiger charge is 1.91. The van der Waals surface area contributed by atoms with Crippen molar-refractivity contribution in [3.05, 3.63) is 0 Å². The molecule has 0 aromatic heterocycles. The standard InChI is InChI=1S/C9H10O3/c1-12-9(11)7-5-3-2-4-6-8-10/h10H,2,7-8H2,1H3. The maximum atomic E-state index is 10.5. The third kappa shape index (κ3) is 6.67. The molecule has 0 aromatic rings. The quantitative estimate of drug-likeness (QED) is 0.438. The minimum Gasteiger partial charge on any atom is -0.468 e. The Morgan fingerprint density at radius 3 is 2.58 bits per heavy atom. The average Bonchev–Trinajstić information content (AvgIpc) is 2.10. The molecule has 3 heteroatoms. The second kappa shape index (κ2) is 7.65. The summed E-state index contributed by atoms with van der Waals surface area (Å²) >= 11 is 0. The Balaban J connectivity index is 3.54. The molecule has 0 amide bonds. The van der Waals surface area contributed by atoms with Crippen LogP contribution in [0.2, 0.25) is 0 Å². The molecule has 0 aliphatic carbocycles. The molecule has 0 unspecified atom stereocenters. The van der Waals surface area contributed by atoms with Crippen LogP contribution in [-0.4, -0.2) is 24.8 Å². The van der Waals surface area contributed by atoms with Crippen LogP contribution in [0.15, 0.2) is 0 Å². The van der Waals surface area contributed by atoms with E-state index in [0.29, 0.717) is 6.42 Å². The van der Waals surface area contributed by atoms with E-state index in [1.54, 1.807) is 0 Å². The minimum atomic E-state index is -0.349. The summed E-state index contributed by atoms with van der Waals surface area (Å²) < 4.78 is 4.36. The monoisotopic (exact) mass is 166 g/mol. The van der Waals surface area contributed by atoms with Gasteiger partial charge in [0, 0.05) is 0 Å². The lowest BCUT2D eigenvalue weighted by molar-refractivity contribution is -0.139. The van der Waals surface area contributed by atoms with Gasteiger partial charge in [0.05, 0.1) is 13.5 Å². The lowest BCUT2D eigenvalue weighted by Gasteiger charge is -1.88. The molecular formula is C9H10O3. The van der Waals surface area contributed by atoms with Gasteiger partial charge in [-0.15, -0.1) is 0 Å². The van der Waals surface area contributed by atoms with E-state index in [4.69, 9.17) is 5.11 Å². The van der Waals surface area contributed by atoms with Crippen LogP contribution in [0.1, 0.15) is 12.8 Å². The fourth-order valence-electron chi connectivity index (χ4n) is 0.432. The zero-order chi connectivity index (χ0) is 9.23. The van der Waals surface area contributed by atoms with Crippen LogP contribution in [0.4, 0.5) is 0 Å². The van der Waals surface area contributed by atoms with Gasteiger partial charge in [0.1, 0.15) is 13.0 Å². The number of esters is 1. The van der Waals surface area contributed by atoms with Crippen LogP contribution < -0.4 is 0 Å². The first-order chi connectivity index (χ1) is 5.81. The Hall–Kier alpha value is -1.45. The summed E-state index contributed by atoms with van der Waals surface area (Å²) in [6.07, 6.45) is 0.467. The van der Waals surface area contributed by atoms with E-state index >= 15 is 0 Å². The first kappa shape index (κ1) is 10.6. The Kier molecular flexibility index (Phi) is 6.73. The molecule has 0 radical (unpaired) electrons. The van der Waals surface area contributed by atoms with Gasteiger partial charge in [0.15, 0.2) is 0 Å². The summed E-state index contributed by atoms with van der Waals surface area (Å²) in [7, 11) is 1.32. The molecule has 1 N–H and O–H groups in total. The van der Waals surface area contributed by atoms with Gasteiger partial charge in [0.2, 0.25) is 0 Å². The molecule has 0 saturated heterocycles. The van der Waals surface area contributed by atoms with Gasteiger partial charge in [0.25, 0.3) is 0 Å². The van der Waals surface area contributed by atoms with Gasteiger partial charge in [-0.1, -0.05) is 23.7 Å². The zero-order valence-corrected chi connectivity index (χ0v) is 6.89. The Morgan fingerprint density at radius 2 is 2.00 bits per heavy atom. The summed E-state index contributed by atoms with van der Waals surface area (Å²) in [5.41, 5.74) is 0. The number of ether oxygens (including phenoxy) is 1. The molecule has 0 spiro atoms. The highest BCUT2D eigenvalue weighted by Crippen LogP contribution is 1.80. The largest absolute Gasteiger partial charge is 0.468 e. The Bertz CT molecular complexity index is 246. The van der Waals surface area contributed by atoms with Gasteiger partial charge in [-0.05, 0) is 0 Å². The minimum absolute atomic E-state index is 0.0945. The summed E-state index contributed by atoms with van der Waals surface area (Å²) in [4.78, 5) is 10.5. The van der Waals surface area contributed by atoms with Crippen molar-refractivity contribution in [1.29, 1.82) is 0 Å². The van der Waals surface area contributed by atoms with E-state index in [1.807, 2.05) is 0 Å². The predicted molar refractivity (Wildman–Crippen MR) is 43.9 cm³/mol. The number of methoxy groups -OCH3 is 1. The summed E-state index contributed by atoms with van der Waals surface area (Å²) in [6.45, 7) is -0.154. The van der Waals surface area contributed by atoms with E-state index in [0.717, 1.165) is 0 Å². The van der Waals surface area contributed by atoms with Crippen molar-refractivity contribution in [2.24, 2.45) is 0 Å². The van der Waals surface area contributed by atoms with Crippen LogP contribution in [0.25, 0.3) is 0 Å². The number of hydrogen-bond acceptors (Lipinski definition) is 3. The van der Waals surface area contributed by atoms with Crippen molar-refractivity contribution < 1.29 is 14.6 Å². The third-order valence-corrected chi connectivity index (χ3v) is 0.966. The van der Waals surface area contributed by atoms with Crippen molar-refractivity contribution in [1.82, 2.24) is 0 Å². The van der Waals surface area contributed by atoms with Gasteiger partial charge in [-0.25, -0.2) is 0 Å². The second-order valence-corrected chi connectivity index (χ2v) is 1.79. The number of aliphatic hydroxyl groups excluding tert-OH is 1. The average molecular weight is 166 g/mol. The first-order valence-electron chi connectivity index (χ1n) is 3.40. The summed E-state index contributed by atoms with van der Waals surface area (Å²) in [5.74, 6) is 9.93. The molecule has 0 bridgehead atoms. The Morgan fingerprint density at radius 1 is 1.33 bits per heavy atom. The van der Waals surface area contributed by atoms with Crippen LogP contribution in [0, 0.1) is 23.7 Å². The molecule has 0 aliphatic heterocycles. The lowest BCUT2D eigenvalue weighted by Crippen LogP contribution is -1.96. The van der Waals surface area contributed by atoms with Crippen LogP contribution in [-0.2, 0) is 9.53 Å². The Labute approximate surface area is 71.7 Å². The van der Waals surface area contributed by atoms with Crippen LogP contribution >= 0.6 is 0 Å². The molecule has 0 rings (SSSR count). The van der Waals surface area contributed by atoms with Crippen molar-refractivity contribution in [3.63, 3.8) is 0 Å². The summed E-state index contributed by atoms with van der Waals surface area (Å²) in [6, 6.07) is 0. The molecular weight excluding hydrogens is 156 g/mol. The topological polar surface area (TPSA) is 46.5 Å². The highest BCUT2D eigenvalue weighted by molar-refractivity contribution is 5.72. The molecule has 0 heterocycles. The van der Waals surface area contributed by atoms with Crippen molar-refractivity contribution >= 4 is 5.97 Å². The molecule has 0 atom stereocenters. The molecule has 3 nitrogen and oxygen atoms in total. The van der Waals surface area contributed by atoms with Crippen molar-refractivity contribution in [3.8, 4) is 23.7 Å². The smallest absolute Gasteiger partial charge is 0.317 e. The van der Waals surface area contributed by atoms with Crippen molar-refractivity contribution in [2.75, 3.05) is 13.7 Å². The fourth-order valence-corrected chi connectivity index (χ4v) is 0.432. The van der Waals surface area contributed by atoms with Gasteiger partial charge in [-0.2, -0.15) is 0 Å². The number of carbonyl (C=O) groups is 1. The zero-order valence-electron chi connectivity index (χ0n) is 6.89. The number of aliphatic hydroxyl groups is 1. The first-order valence-corrected chi connectivity index (χ1v) is 3.40. The molecule has 0 aromatic carbocycles. The fraction of sp³-hybridized carbons (Fsp3) is 0.444. The van der Waals surface area contributed by atoms with E-state index in [1.165, 1.54) is 7.11 Å². The SMILES string of the molecule is COC(=O)CC#CCC#CCO. The van der Waals surface area contributed by atoms with E-state index in [-0.39, 0.29) is 19.0 Å². The van der Waals surface area contributed by atoms with Gasteiger partial charge < -0.3 is 9.84 Å². The maximum Gasteiger partial charge on any atom is 0.317 e. The lowest BCUT2D eigenvalue weighted by atomic mass is 10.3. The number of carbonyl (C=O) groups excluding carboxylic acids is 1. The summed E-state index contributed by atoms with van der Waals surface area (Å²) in [5, 5.41) is 8.25. The normalized spacial score (nSPS) is 7.17. The molecule has 0 aliphatic rings. The van der Waals surface area contributed by atoms with Gasteiger partial charge >= 0.3 is 5.97 Å². The highest BCUT2D eigenvalue weighted by atomic mass is 16.5. The van der Waals surface area contributed by atoms with Crippen LogP contribution in [0.5, 0.6) is 0 Å². The van der Waals surface area contributed by atoms with Gasteiger partial charge in [-0.3, -0.25) is 4.79 Å². The third-order valence-electron chi connectivity index (χ3n) is 0.966. The number of hydrogen-bond donors (Lipinski definition) is 1. The molecule has 64 valence electrons. The van der Waals surface area contributed by atoms with Crippen LogP contribution in [0.3, 0.4) is 0 Å². The predicted octanol–water partition coefficient (Wildman–Crippen LogP) is -0.0613. The molecule has 0 fully saturated rings. The van der Waals surface area contributed by atoms with E-state index < -0.39 is 0 Å². The number of rotatable bonds is 1. The maximum absolute atomic E-state index is 10.5. The molecule has 0 saturated carbocycles. The second-order valence-electron chi connectivity index (χ2n) is 1.79. The molecule has 12 heavy (non-hydrogen) atoms. The van der Waals surface area contributed by atoms with Crippen molar-refractivity contribution in [2.45, 2.75) is 12.8 Å². The van der Waals surface area contributed by atoms with E-state index in [2.05, 4.69) is 28.4 Å².